The number of benzene rings is 3. The maximum atomic E-state index is 7.15. The highest BCUT2D eigenvalue weighted by Crippen LogP contribution is 2.53. The average molecular weight is 693 g/mol. The van der Waals surface area contributed by atoms with E-state index in [1.807, 2.05) is 0 Å². The zero-order valence-electron chi connectivity index (χ0n) is 34.5. The van der Waals surface area contributed by atoms with E-state index in [1.165, 1.54) is 44.5 Å². The van der Waals surface area contributed by atoms with Gasteiger partial charge in [0.25, 0.3) is 0 Å². The van der Waals surface area contributed by atoms with Crippen LogP contribution in [0.25, 0.3) is 11.1 Å². The van der Waals surface area contributed by atoms with Gasteiger partial charge < -0.3 is 18.8 Å². The van der Waals surface area contributed by atoms with Crippen molar-refractivity contribution in [1.29, 1.82) is 0 Å². The molecule has 2 fully saturated rings. The van der Waals surface area contributed by atoms with E-state index in [-0.39, 0.29) is 33.9 Å². The summed E-state index contributed by atoms with van der Waals surface area (Å²) in [6.07, 6.45) is 3.71. The van der Waals surface area contributed by atoms with Crippen LogP contribution in [0.3, 0.4) is 0 Å². The molecule has 0 aromatic heterocycles. The van der Waals surface area contributed by atoms with Crippen molar-refractivity contribution >= 4 is 12.6 Å². The van der Waals surface area contributed by atoms with Gasteiger partial charge in [0.05, 0.1) is 17.8 Å². The number of hydrogen-bond acceptors (Lipinski definition) is 4. The summed E-state index contributed by atoms with van der Waals surface area (Å²) in [4.78, 5) is 0. The number of ether oxygens (including phenoxy) is 2. The Balaban J connectivity index is 1.67. The van der Waals surface area contributed by atoms with Gasteiger partial charge in [0.15, 0.2) is 6.29 Å². The molecule has 2 saturated heterocycles. The molecule has 6 rings (SSSR count). The van der Waals surface area contributed by atoms with Gasteiger partial charge in [-0.25, -0.2) is 0 Å². The molecule has 3 aromatic rings. The predicted octanol–water partition coefficient (Wildman–Crippen LogP) is 11.4. The van der Waals surface area contributed by atoms with Crippen LogP contribution >= 0.6 is 0 Å². The van der Waals surface area contributed by atoms with Gasteiger partial charge in [-0.15, -0.1) is 0 Å². The molecule has 1 aliphatic carbocycles. The van der Waals surface area contributed by atoms with Gasteiger partial charge >= 0.3 is 7.12 Å². The Hall–Kier alpha value is -2.60. The normalized spacial score (nSPS) is 20.8. The fourth-order valence-corrected chi connectivity index (χ4v) is 8.44. The van der Waals surface area contributed by atoms with Gasteiger partial charge in [-0.3, -0.25) is 0 Å². The molecule has 4 nitrogen and oxygen atoms in total. The van der Waals surface area contributed by atoms with Gasteiger partial charge in [-0.05, 0) is 108 Å². The highest BCUT2D eigenvalue weighted by atomic mass is 16.7. The Bertz CT molecular complexity index is 1690. The first-order valence-electron chi connectivity index (χ1n) is 19.5. The van der Waals surface area contributed by atoms with Crippen LogP contribution in [0.4, 0.5) is 0 Å². The third kappa shape index (κ3) is 7.47. The zero-order chi connectivity index (χ0) is 37.5. The molecule has 5 heteroatoms. The molecule has 0 radical (unpaired) electrons. The fraction of sp³-hybridized carbons (Fsp3) is 0.609. The second-order valence-electron chi connectivity index (χ2n) is 20.6. The minimum Gasteiger partial charge on any atom is -0.465 e. The van der Waals surface area contributed by atoms with E-state index in [4.69, 9.17) is 18.8 Å². The van der Waals surface area contributed by atoms with Gasteiger partial charge in [0, 0.05) is 23.4 Å². The van der Waals surface area contributed by atoms with Gasteiger partial charge in [-0.2, -0.15) is 0 Å². The minimum atomic E-state index is -0.579. The minimum absolute atomic E-state index is 0.0248. The van der Waals surface area contributed by atoms with E-state index in [0.29, 0.717) is 6.61 Å². The summed E-state index contributed by atoms with van der Waals surface area (Å²) in [5.74, 6) is 0.822. The lowest BCUT2D eigenvalue weighted by Crippen LogP contribution is -2.41. The molecule has 276 valence electrons. The van der Waals surface area contributed by atoms with Crippen LogP contribution in [-0.2, 0) is 30.3 Å². The first-order chi connectivity index (χ1) is 23.4. The van der Waals surface area contributed by atoms with E-state index >= 15 is 0 Å². The smallest absolute Gasteiger partial charge is 0.465 e. The van der Waals surface area contributed by atoms with Gasteiger partial charge in [0.2, 0.25) is 0 Å². The maximum Gasteiger partial charge on any atom is 0.498 e. The number of fused-ring (bicyclic) bond motifs is 3. The quantitative estimate of drug-likeness (QED) is 0.189. The summed E-state index contributed by atoms with van der Waals surface area (Å²) in [5.41, 5.74) is 10.5. The van der Waals surface area contributed by atoms with Crippen LogP contribution in [0.2, 0.25) is 0 Å². The molecular formula is C46H65BO4. The van der Waals surface area contributed by atoms with E-state index in [2.05, 4.69) is 152 Å². The highest BCUT2D eigenvalue weighted by Gasteiger charge is 2.53. The lowest BCUT2D eigenvalue weighted by Gasteiger charge is -2.35. The van der Waals surface area contributed by atoms with Crippen LogP contribution < -0.4 is 10.2 Å². The third-order valence-corrected chi connectivity index (χ3v) is 11.9. The Kier molecular flexibility index (Phi) is 9.55. The maximum absolute atomic E-state index is 7.15. The van der Waals surface area contributed by atoms with Crippen molar-refractivity contribution in [2.75, 3.05) is 6.61 Å². The number of hydrogen-bond donors (Lipinski definition) is 0. The highest BCUT2D eigenvalue weighted by molar-refractivity contribution is 6.63. The molecular weight excluding hydrogens is 627 g/mol. The van der Waals surface area contributed by atoms with Crippen molar-refractivity contribution in [3.05, 3.63) is 81.9 Å². The second-order valence-corrected chi connectivity index (χ2v) is 20.6. The average Bonchev–Trinajstić information content (AvgIpc) is 3.43. The molecule has 2 heterocycles. The molecule has 0 bridgehead atoms. The molecule has 0 spiro atoms. The summed E-state index contributed by atoms with van der Waals surface area (Å²) in [7, 11) is -0.579. The van der Waals surface area contributed by atoms with Crippen molar-refractivity contribution in [3.63, 3.8) is 0 Å². The van der Waals surface area contributed by atoms with Crippen molar-refractivity contribution in [2.24, 2.45) is 5.41 Å². The summed E-state index contributed by atoms with van der Waals surface area (Å²) < 4.78 is 27.2. The summed E-state index contributed by atoms with van der Waals surface area (Å²) >= 11 is 0. The van der Waals surface area contributed by atoms with Crippen LogP contribution in [0.15, 0.2) is 48.5 Å². The van der Waals surface area contributed by atoms with E-state index < -0.39 is 18.3 Å². The molecule has 0 N–H and O–H groups in total. The molecule has 0 saturated carbocycles. The third-order valence-electron chi connectivity index (χ3n) is 11.9. The molecule has 1 unspecified atom stereocenters. The largest absolute Gasteiger partial charge is 0.498 e. The van der Waals surface area contributed by atoms with Crippen LogP contribution in [0.1, 0.15) is 169 Å². The summed E-state index contributed by atoms with van der Waals surface area (Å²) in [6, 6.07) is 19.2. The first kappa shape index (κ1) is 38.1. The Labute approximate surface area is 310 Å². The number of rotatable bonds is 6. The Morgan fingerprint density at radius 2 is 1.20 bits per heavy atom. The lowest BCUT2D eigenvalue weighted by atomic mass is 9.67. The monoisotopic (exact) mass is 692 g/mol. The molecule has 51 heavy (non-hydrogen) atoms. The van der Waals surface area contributed by atoms with Crippen molar-refractivity contribution < 1.29 is 18.8 Å². The standard InChI is InChI=1S/C46H65BO4/c1-41(2,3)28-44(10,11)31-26-36(40(49-38-18-16-17-23-48-38)37(27-31)47-50-45(12,13)46(14,15)51-47)39-32-21-19-29(42(4,5)6)24-34(32)35-25-30(43(7,8)9)20-22-33(35)39/h19-22,24-27,38-39H,16-18,23,28H2,1-15H3. The van der Waals surface area contributed by atoms with Crippen molar-refractivity contribution in [1.82, 2.24) is 0 Å². The molecule has 3 aromatic carbocycles. The van der Waals surface area contributed by atoms with Gasteiger partial charge in [-0.1, -0.05) is 125 Å². The fourth-order valence-electron chi connectivity index (χ4n) is 8.44. The van der Waals surface area contributed by atoms with Crippen molar-refractivity contribution in [3.8, 4) is 16.9 Å². The van der Waals surface area contributed by atoms with E-state index in [0.717, 1.165) is 36.9 Å². The summed E-state index contributed by atoms with van der Waals surface area (Å²) in [5, 5.41) is 0. The predicted molar refractivity (Wildman–Crippen MR) is 214 cm³/mol. The van der Waals surface area contributed by atoms with E-state index in [9.17, 15) is 0 Å². The molecule has 3 aliphatic rings. The molecule has 1 atom stereocenters. The van der Waals surface area contributed by atoms with Crippen molar-refractivity contribution in [2.45, 2.75) is 169 Å². The Morgan fingerprint density at radius 1 is 0.667 bits per heavy atom. The van der Waals surface area contributed by atoms with Crippen LogP contribution in [0, 0.1) is 5.41 Å². The molecule has 2 aliphatic heterocycles. The summed E-state index contributed by atoms with van der Waals surface area (Å²) in [6.45, 7) is 34.9. The molecule has 0 amide bonds. The Morgan fingerprint density at radius 3 is 1.65 bits per heavy atom. The van der Waals surface area contributed by atoms with Gasteiger partial charge in [0.1, 0.15) is 5.75 Å². The lowest BCUT2D eigenvalue weighted by molar-refractivity contribution is -0.105. The topological polar surface area (TPSA) is 36.9 Å². The SMILES string of the molecule is CC(C)(C)CC(C)(C)c1cc(B2OC(C)(C)C(C)(C)O2)c(OC2CCCCO2)c(C2c3ccc(C(C)(C)C)cc3-c3cc(C(C)(C)C)ccc32)c1. The van der Waals surface area contributed by atoms with Crippen LogP contribution in [0.5, 0.6) is 5.75 Å². The zero-order valence-corrected chi connectivity index (χ0v) is 34.5. The van der Waals surface area contributed by atoms with E-state index in [1.54, 1.807) is 0 Å². The first-order valence-corrected chi connectivity index (χ1v) is 19.5. The van der Waals surface area contributed by atoms with Crippen LogP contribution in [-0.4, -0.2) is 31.2 Å². The second kappa shape index (κ2) is 12.8.